The molecule has 0 N–H and O–H groups in total. The van der Waals surface area contributed by atoms with E-state index in [0.29, 0.717) is 5.92 Å². The van der Waals surface area contributed by atoms with Crippen molar-refractivity contribution in [1.29, 1.82) is 0 Å². The van der Waals surface area contributed by atoms with Gasteiger partial charge in [-0.25, -0.2) is 0 Å². The Kier molecular flexibility index (Phi) is 5.71. The quantitative estimate of drug-likeness (QED) is 0.624. The van der Waals surface area contributed by atoms with Gasteiger partial charge >= 0.3 is 0 Å². The van der Waals surface area contributed by atoms with Gasteiger partial charge in [0.25, 0.3) is 0 Å². The molecule has 1 atom stereocenters. The minimum absolute atomic E-state index is 0.457. The molecular formula is C21H25N. The van der Waals surface area contributed by atoms with Gasteiger partial charge in [0, 0.05) is 18.3 Å². The summed E-state index contributed by atoms with van der Waals surface area (Å²) < 4.78 is 0. The van der Waals surface area contributed by atoms with Crippen LogP contribution in [0.3, 0.4) is 0 Å². The standard InChI is InChI=1S/C21H25N/c1-5-16(2)19-13-9-10-14-20(19)21(22-4)15-17(3)18-11-7-6-8-12-18/h5-14,17H,15H2,1-4H3/b16-5+,22-21?. The summed E-state index contributed by atoms with van der Waals surface area (Å²) in [6.07, 6.45) is 3.11. The highest BCUT2D eigenvalue weighted by Crippen LogP contribution is 2.25. The van der Waals surface area contributed by atoms with Crippen LogP contribution in [0.4, 0.5) is 0 Å². The van der Waals surface area contributed by atoms with E-state index in [2.05, 4.69) is 86.4 Å². The molecule has 0 bridgehead atoms. The predicted octanol–water partition coefficient (Wildman–Crippen LogP) is 5.72. The molecule has 1 heteroatoms. The lowest BCUT2D eigenvalue weighted by Crippen LogP contribution is -2.09. The fraction of sp³-hybridized carbons (Fsp3) is 0.286. The Labute approximate surface area is 134 Å². The van der Waals surface area contributed by atoms with Crippen LogP contribution >= 0.6 is 0 Å². The van der Waals surface area contributed by atoms with E-state index in [0.717, 1.165) is 6.42 Å². The van der Waals surface area contributed by atoms with Gasteiger partial charge in [-0.3, -0.25) is 4.99 Å². The van der Waals surface area contributed by atoms with Gasteiger partial charge in [-0.15, -0.1) is 0 Å². The van der Waals surface area contributed by atoms with Gasteiger partial charge in [0.1, 0.15) is 0 Å². The van der Waals surface area contributed by atoms with Crippen molar-refractivity contribution in [2.45, 2.75) is 33.1 Å². The first kappa shape index (κ1) is 16.2. The van der Waals surface area contributed by atoms with Gasteiger partial charge in [-0.05, 0) is 42.9 Å². The van der Waals surface area contributed by atoms with Gasteiger partial charge in [-0.1, -0.05) is 67.6 Å². The number of nitrogens with zero attached hydrogens (tertiary/aromatic N) is 1. The molecule has 1 unspecified atom stereocenters. The van der Waals surface area contributed by atoms with Crippen molar-refractivity contribution in [3.05, 3.63) is 77.4 Å². The van der Waals surface area contributed by atoms with Crippen molar-refractivity contribution in [2.75, 3.05) is 7.05 Å². The number of rotatable bonds is 5. The largest absolute Gasteiger partial charge is 0.292 e. The Morgan fingerprint density at radius 2 is 1.59 bits per heavy atom. The summed E-state index contributed by atoms with van der Waals surface area (Å²) in [7, 11) is 1.90. The molecule has 2 aromatic rings. The van der Waals surface area contributed by atoms with Crippen LogP contribution in [-0.4, -0.2) is 12.8 Å². The second-order valence-electron chi connectivity index (χ2n) is 5.70. The third-order valence-corrected chi connectivity index (χ3v) is 4.23. The highest BCUT2D eigenvalue weighted by Gasteiger charge is 2.14. The lowest BCUT2D eigenvalue weighted by Gasteiger charge is -2.17. The van der Waals surface area contributed by atoms with Crippen LogP contribution in [0.25, 0.3) is 5.57 Å². The normalized spacial score (nSPS) is 14.0. The van der Waals surface area contributed by atoms with Crippen molar-refractivity contribution in [2.24, 2.45) is 4.99 Å². The second-order valence-corrected chi connectivity index (χ2v) is 5.70. The second kappa shape index (κ2) is 7.74. The lowest BCUT2D eigenvalue weighted by molar-refractivity contribution is 0.803. The van der Waals surface area contributed by atoms with Crippen LogP contribution in [0, 0.1) is 0 Å². The minimum atomic E-state index is 0.457. The maximum Gasteiger partial charge on any atom is 0.0429 e. The zero-order chi connectivity index (χ0) is 15.9. The maximum atomic E-state index is 4.59. The molecule has 0 radical (unpaired) electrons. The minimum Gasteiger partial charge on any atom is -0.292 e. The van der Waals surface area contributed by atoms with Crippen LogP contribution in [0.15, 0.2) is 65.7 Å². The summed E-state index contributed by atoms with van der Waals surface area (Å²) in [5.41, 5.74) is 6.37. The molecule has 0 spiro atoms. The fourth-order valence-corrected chi connectivity index (χ4v) is 2.75. The number of benzene rings is 2. The maximum absolute atomic E-state index is 4.59. The van der Waals surface area contributed by atoms with Crippen LogP contribution in [-0.2, 0) is 0 Å². The Morgan fingerprint density at radius 1 is 1.00 bits per heavy atom. The van der Waals surface area contributed by atoms with Gasteiger partial charge < -0.3 is 0 Å². The fourth-order valence-electron chi connectivity index (χ4n) is 2.75. The molecule has 0 saturated heterocycles. The van der Waals surface area contributed by atoms with Gasteiger partial charge in [-0.2, -0.15) is 0 Å². The molecule has 2 rings (SSSR count). The Balaban J connectivity index is 2.31. The number of aliphatic imine (C=N–C) groups is 1. The molecule has 2 aromatic carbocycles. The van der Waals surface area contributed by atoms with E-state index >= 15 is 0 Å². The van der Waals surface area contributed by atoms with E-state index in [1.165, 1.54) is 28.0 Å². The smallest absolute Gasteiger partial charge is 0.0429 e. The summed E-state index contributed by atoms with van der Waals surface area (Å²) in [4.78, 5) is 4.59. The van der Waals surface area contributed by atoms with Crippen LogP contribution in [0.1, 0.15) is 49.8 Å². The summed E-state index contributed by atoms with van der Waals surface area (Å²) in [6.45, 7) is 6.51. The molecule has 114 valence electrons. The van der Waals surface area contributed by atoms with Gasteiger partial charge in [0.05, 0.1) is 0 Å². The first-order valence-electron chi connectivity index (χ1n) is 7.90. The molecule has 22 heavy (non-hydrogen) atoms. The SMILES string of the molecule is C/C=C(\C)c1ccccc1C(CC(C)c1ccccc1)=NC. The number of hydrogen-bond donors (Lipinski definition) is 0. The summed E-state index contributed by atoms with van der Waals surface area (Å²) in [5, 5.41) is 0. The molecule has 0 aromatic heterocycles. The van der Waals surface area contributed by atoms with E-state index in [1.54, 1.807) is 0 Å². The molecule has 0 heterocycles. The zero-order valence-electron chi connectivity index (χ0n) is 14.0. The van der Waals surface area contributed by atoms with Crippen molar-refractivity contribution in [3.63, 3.8) is 0 Å². The number of allylic oxidation sites excluding steroid dienone is 2. The third kappa shape index (κ3) is 3.73. The van der Waals surface area contributed by atoms with Gasteiger partial charge in [0.2, 0.25) is 0 Å². The molecule has 0 fully saturated rings. The average molecular weight is 291 g/mol. The summed E-state index contributed by atoms with van der Waals surface area (Å²) in [5.74, 6) is 0.457. The third-order valence-electron chi connectivity index (χ3n) is 4.23. The number of hydrogen-bond acceptors (Lipinski definition) is 1. The van der Waals surface area contributed by atoms with E-state index in [1.807, 2.05) is 7.05 Å². The highest BCUT2D eigenvalue weighted by molar-refractivity contribution is 6.04. The van der Waals surface area contributed by atoms with Crippen LogP contribution < -0.4 is 0 Å². The molecule has 0 saturated carbocycles. The molecule has 0 aliphatic heterocycles. The van der Waals surface area contributed by atoms with Crippen molar-refractivity contribution >= 4 is 11.3 Å². The Morgan fingerprint density at radius 3 is 2.18 bits per heavy atom. The Bertz CT molecular complexity index is 665. The lowest BCUT2D eigenvalue weighted by atomic mass is 9.89. The topological polar surface area (TPSA) is 12.4 Å². The highest BCUT2D eigenvalue weighted by atomic mass is 14.7. The molecule has 0 amide bonds. The first-order valence-corrected chi connectivity index (χ1v) is 7.90. The summed E-state index contributed by atoms with van der Waals surface area (Å²) >= 11 is 0. The van der Waals surface area contributed by atoms with Crippen molar-refractivity contribution < 1.29 is 0 Å². The van der Waals surface area contributed by atoms with E-state index in [9.17, 15) is 0 Å². The van der Waals surface area contributed by atoms with Gasteiger partial charge in [0.15, 0.2) is 0 Å². The van der Waals surface area contributed by atoms with Crippen molar-refractivity contribution in [3.8, 4) is 0 Å². The van der Waals surface area contributed by atoms with E-state index < -0.39 is 0 Å². The van der Waals surface area contributed by atoms with Crippen LogP contribution in [0.5, 0.6) is 0 Å². The van der Waals surface area contributed by atoms with E-state index in [-0.39, 0.29) is 0 Å². The van der Waals surface area contributed by atoms with E-state index in [4.69, 9.17) is 0 Å². The average Bonchev–Trinajstić information content (AvgIpc) is 2.59. The monoisotopic (exact) mass is 291 g/mol. The molecule has 1 nitrogen and oxygen atoms in total. The zero-order valence-corrected chi connectivity index (χ0v) is 14.0. The van der Waals surface area contributed by atoms with Crippen LogP contribution in [0.2, 0.25) is 0 Å². The first-order chi connectivity index (χ1) is 10.7. The summed E-state index contributed by atoms with van der Waals surface area (Å²) in [6, 6.07) is 19.2. The molecule has 0 aliphatic rings. The predicted molar refractivity (Wildman–Crippen MR) is 97.7 cm³/mol. The molecular weight excluding hydrogens is 266 g/mol. The molecule has 0 aliphatic carbocycles. The van der Waals surface area contributed by atoms with Crippen molar-refractivity contribution in [1.82, 2.24) is 0 Å². The Hall–Kier alpha value is -2.15.